The van der Waals surface area contributed by atoms with Crippen molar-refractivity contribution in [1.82, 2.24) is 14.8 Å². The lowest BCUT2D eigenvalue weighted by Crippen LogP contribution is -2.15. The van der Waals surface area contributed by atoms with Crippen molar-refractivity contribution in [2.75, 3.05) is 11.1 Å². The summed E-state index contributed by atoms with van der Waals surface area (Å²) in [5.74, 6) is 0.973. The Morgan fingerprint density at radius 2 is 2.03 bits per heavy atom. The normalized spacial score (nSPS) is 11.1. The van der Waals surface area contributed by atoms with Gasteiger partial charge in [-0.05, 0) is 37.6 Å². The molecule has 0 spiro atoms. The standard InChI is InChI=1S/C21H19ClN4OS2/c1-3-26-20(15-11-28-18-10-5-4-7-14(15)18)24-25-21(26)29-12-19(27)23-17-9-6-8-16(22)13(17)2/h4-11H,3,12H2,1-2H3,(H,23,27). The first-order chi connectivity index (χ1) is 14.1. The van der Waals surface area contributed by atoms with E-state index >= 15 is 0 Å². The van der Waals surface area contributed by atoms with Crippen LogP contribution in [0.4, 0.5) is 5.69 Å². The molecule has 4 rings (SSSR count). The summed E-state index contributed by atoms with van der Waals surface area (Å²) in [6, 6.07) is 13.7. The maximum Gasteiger partial charge on any atom is 0.234 e. The van der Waals surface area contributed by atoms with Gasteiger partial charge >= 0.3 is 0 Å². The highest BCUT2D eigenvalue weighted by Crippen LogP contribution is 2.34. The first-order valence-corrected chi connectivity index (χ1v) is 11.4. The van der Waals surface area contributed by atoms with Crippen molar-refractivity contribution in [1.29, 1.82) is 0 Å². The number of fused-ring (bicyclic) bond motifs is 1. The Morgan fingerprint density at radius 1 is 1.21 bits per heavy atom. The molecule has 0 saturated heterocycles. The van der Waals surface area contributed by atoms with E-state index in [0.717, 1.165) is 34.3 Å². The number of amides is 1. The van der Waals surface area contributed by atoms with E-state index in [0.29, 0.717) is 5.02 Å². The molecule has 0 aliphatic rings. The Morgan fingerprint density at radius 3 is 2.86 bits per heavy atom. The number of thiophene rings is 1. The van der Waals surface area contributed by atoms with Crippen LogP contribution < -0.4 is 5.32 Å². The van der Waals surface area contributed by atoms with E-state index in [9.17, 15) is 4.79 Å². The molecule has 1 N–H and O–H groups in total. The van der Waals surface area contributed by atoms with Gasteiger partial charge in [0.05, 0.1) is 5.75 Å². The fourth-order valence-corrected chi connectivity index (χ4v) is 5.01. The molecule has 0 fully saturated rings. The lowest BCUT2D eigenvalue weighted by atomic mass is 10.1. The van der Waals surface area contributed by atoms with Gasteiger partial charge in [-0.3, -0.25) is 4.79 Å². The summed E-state index contributed by atoms with van der Waals surface area (Å²) < 4.78 is 3.27. The molecular formula is C21H19ClN4OS2. The van der Waals surface area contributed by atoms with Gasteiger partial charge < -0.3 is 9.88 Å². The molecule has 2 aromatic heterocycles. The van der Waals surface area contributed by atoms with Gasteiger partial charge in [0.2, 0.25) is 5.91 Å². The van der Waals surface area contributed by atoms with Gasteiger partial charge in [-0.15, -0.1) is 21.5 Å². The quantitative estimate of drug-likeness (QED) is 0.379. The first kappa shape index (κ1) is 19.9. The highest BCUT2D eigenvalue weighted by atomic mass is 35.5. The molecule has 0 radical (unpaired) electrons. The monoisotopic (exact) mass is 442 g/mol. The number of halogens is 1. The van der Waals surface area contributed by atoms with Crippen molar-refractivity contribution in [3.8, 4) is 11.4 Å². The Balaban J connectivity index is 1.51. The topological polar surface area (TPSA) is 59.8 Å². The van der Waals surface area contributed by atoms with Gasteiger partial charge in [0.1, 0.15) is 0 Å². The van der Waals surface area contributed by atoms with Crippen LogP contribution >= 0.6 is 34.7 Å². The summed E-state index contributed by atoms with van der Waals surface area (Å²) in [6.45, 7) is 4.67. The van der Waals surface area contributed by atoms with E-state index in [1.165, 1.54) is 21.8 Å². The maximum atomic E-state index is 12.4. The number of nitrogens with one attached hydrogen (secondary N) is 1. The predicted molar refractivity (Wildman–Crippen MR) is 122 cm³/mol. The SMILES string of the molecule is CCn1c(SCC(=O)Nc2cccc(Cl)c2C)nnc1-c1csc2ccccc12. The molecule has 0 atom stereocenters. The molecule has 5 nitrogen and oxygen atoms in total. The molecule has 0 bridgehead atoms. The van der Waals surface area contributed by atoms with Crippen LogP contribution in [-0.2, 0) is 11.3 Å². The van der Waals surface area contributed by atoms with E-state index in [-0.39, 0.29) is 11.7 Å². The van der Waals surface area contributed by atoms with Gasteiger partial charge in [0, 0.05) is 38.3 Å². The predicted octanol–water partition coefficient (Wildman–Crippen LogP) is 5.87. The molecular weight excluding hydrogens is 424 g/mol. The Labute approximate surface area is 182 Å². The molecule has 1 amide bonds. The number of benzene rings is 2. The number of nitrogens with zero attached hydrogens (tertiary/aromatic N) is 3. The number of carbonyl (C=O) groups is 1. The minimum absolute atomic E-state index is 0.103. The van der Waals surface area contributed by atoms with Crippen molar-refractivity contribution in [2.24, 2.45) is 0 Å². The minimum Gasteiger partial charge on any atom is -0.325 e. The summed E-state index contributed by atoms with van der Waals surface area (Å²) in [4.78, 5) is 12.4. The van der Waals surface area contributed by atoms with E-state index < -0.39 is 0 Å². The van der Waals surface area contributed by atoms with E-state index in [1.54, 1.807) is 17.4 Å². The number of anilines is 1. The van der Waals surface area contributed by atoms with Crippen molar-refractivity contribution >= 4 is 56.4 Å². The highest BCUT2D eigenvalue weighted by molar-refractivity contribution is 7.99. The Hall–Kier alpha value is -2.35. The smallest absolute Gasteiger partial charge is 0.234 e. The van der Waals surface area contributed by atoms with Crippen molar-refractivity contribution < 1.29 is 4.79 Å². The lowest BCUT2D eigenvalue weighted by Gasteiger charge is -2.10. The largest absolute Gasteiger partial charge is 0.325 e. The van der Waals surface area contributed by atoms with E-state index in [2.05, 4.69) is 44.5 Å². The third kappa shape index (κ3) is 4.03. The zero-order valence-corrected chi connectivity index (χ0v) is 18.4. The molecule has 0 aliphatic heterocycles. The number of thioether (sulfide) groups is 1. The third-order valence-electron chi connectivity index (χ3n) is 4.63. The lowest BCUT2D eigenvalue weighted by molar-refractivity contribution is -0.113. The second-order valence-electron chi connectivity index (χ2n) is 6.45. The van der Waals surface area contributed by atoms with Crippen molar-refractivity contribution in [3.63, 3.8) is 0 Å². The molecule has 0 unspecified atom stereocenters. The summed E-state index contributed by atoms with van der Waals surface area (Å²) in [7, 11) is 0. The van der Waals surface area contributed by atoms with Crippen LogP contribution in [-0.4, -0.2) is 26.4 Å². The molecule has 148 valence electrons. The summed E-state index contributed by atoms with van der Waals surface area (Å²) in [6.07, 6.45) is 0. The zero-order valence-electron chi connectivity index (χ0n) is 16.0. The van der Waals surface area contributed by atoms with Crippen LogP contribution in [0.3, 0.4) is 0 Å². The maximum absolute atomic E-state index is 12.4. The fraction of sp³-hybridized carbons (Fsp3) is 0.190. The van der Waals surface area contributed by atoms with Crippen molar-refractivity contribution in [3.05, 3.63) is 58.4 Å². The van der Waals surface area contributed by atoms with Gasteiger partial charge in [0.15, 0.2) is 11.0 Å². The molecule has 0 aliphatic carbocycles. The van der Waals surface area contributed by atoms with Crippen LogP contribution in [0.2, 0.25) is 5.02 Å². The average Bonchev–Trinajstić information content (AvgIpc) is 3.33. The van der Waals surface area contributed by atoms with Gasteiger partial charge in [0.25, 0.3) is 0 Å². The fourth-order valence-electron chi connectivity index (χ4n) is 3.09. The molecule has 0 saturated carbocycles. The average molecular weight is 443 g/mol. The number of rotatable bonds is 6. The van der Waals surface area contributed by atoms with Crippen LogP contribution in [0.1, 0.15) is 12.5 Å². The van der Waals surface area contributed by atoms with Crippen LogP contribution in [0.15, 0.2) is 53.0 Å². The third-order valence-corrected chi connectivity index (χ3v) is 6.97. The van der Waals surface area contributed by atoms with Gasteiger partial charge in [-0.2, -0.15) is 0 Å². The number of hydrogen-bond acceptors (Lipinski definition) is 5. The second-order valence-corrected chi connectivity index (χ2v) is 8.71. The number of hydrogen-bond donors (Lipinski definition) is 1. The van der Waals surface area contributed by atoms with Crippen molar-refractivity contribution in [2.45, 2.75) is 25.5 Å². The van der Waals surface area contributed by atoms with Gasteiger partial charge in [-0.1, -0.05) is 47.6 Å². The second kappa shape index (κ2) is 8.57. The Kier molecular flexibility index (Phi) is 5.89. The van der Waals surface area contributed by atoms with Crippen LogP contribution in [0.5, 0.6) is 0 Å². The van der Waals surface area contributed by atoms with Crippen LogP contribution in [0.25, 0.3) is 21.5 Å². The van der Waals surface area contributed by atoms with E-state index in [1.807, 2.05) is 31.2 Å². The minimum atomic E-state index is -0.103. The molecule has 4 aromatic rings. The molecule has 2 aromatic carbocycles. The highest BCUT2D eigenvalue weighted by Gasteiger charge is 2.17. The number of carbonyl (C=O) groups excluding carboxylic acids is 1. The zero-order chi connectivity index (χ0) is 20.4. The number of aromatic nitrogens is 3. The van der Waals surface area contributed by atoms with Gasteiger partial charge in [-0.25, -0.2) is 0 Å². The molecule has 2 heterocycles. The summed E-state index contributed by atoms with van der Waals surface area (Å²) in [5.41, 5.74) is 2.66. The molecule has 29 heavy (non-hydrogen) atoms. The summed E-state index contributed by atoms with van der Waals surface area (Å²) in [5, 5.41) is 16.3. The van der Waals surface area contributed by atoms with E-state index in [4.69, 9.17) is 11.6 Å². The van der Waals surface area contributed by atoms with Crippen LogP contribution in [0, 0.1) is 6.92 Å². The Bertz CT molecular complexity index is 1180. The summed E-state index contributed by atoms with van der Waals surface area (Å²) >= 11 is 9.20. The first-order valence-electron chi connectivity index (χ1n) is 9.16. The molecule has 8 heteroatoms.